The third-order valence-electron chi connectivity index (χ3n) is 2.13. The van der Waals surface area contributed by atoms with E-state index in [1.807, 2.05) is 0 Å². The van der Waals surface area contributed by atoms with Crippen LogP contribution < -0.4 is 5.56 Å². The van der Waals surface area contributed by atoms with Crippen LogP contribution in [0.15, 0.2) is 23.0 Å². The van der Waals surface area contributed by atoms with E-state index in [2.05, 4.69) is 4.98 Å². The number of carboxylic acid groups (broad SMARTS) is 1. The minimum absolute atomic E-state index is 0.161. The van der Waals surface area contributed by atoms with Gasteiger partial charge in [-0.1, -0.05) is 23.2 Å². The number of hydrogen-bond donors (Lipinski definition) is 2. The molecule has 0 amide bonds. The number of hydrogen-bond acceptors (Lipinski definition) is 2. The van der Waals surface area contributed by atoms with Crippen molar-refractivity contribution in [3.63, 3.8) is 0 Å². The first-order chi connectivity index (χ1) is 7.50. The third kappa shape index (κ3) is 1.66. The Balaban J connectivity index is 3.06. The predicted octanol–water partition coefficient (Wildman–Crippen LogP) is 2.53. The maximum Gasteiger partial charge on any atom is 0.336 e. The summed E-state index contributed by atoms with van der Waals surface area (Å²) < 4.78 is 0. The van der Waals surface area contributed by atoms with Gasteiger partial charge in [0, 0.05) is 11.5 Å². The van der Waals surface area contributed by atoms with Crippen molar-refractivity contribution < 1.29 is 9.90 Å². The van der Waals surface area contributed by atoms with E-state index in [0.29, 0.717) is 0 Å². The number of aromatic amines is 1. The molecule has 2 N–H and O–H groups in total. The fraction of sp³-hybridized carbons (Fsp3) is 0. The average molecular weight is 258 g/mol. The molecule has 0 unspecified atom stereocenters. The summed E-state index contributed by atoms with van der Waals surface area (Å²) in [5.74, 6) is -1.22. The van der Waals surface area contributed by atoms with Crippen molar-refractivity contribution in [3.8, 4) is 0 Å². The quantitative estimate of drug-likeness (QED) is 0.825. The van der Waals surface area contributed by atoms with E-state index in [9.17, 15) is 9.59 Å². The average Bonchev–Trinajstić information content (AvgIpc) is 2.22. The van der Waals surface area contributed by atoms with Gasteiger partial charge in [-0.25, -0.2) is 4.79 Å². The van der Waals surface area contributed by atoms with Crippen LogP contribution in [0.4, 0.5) is 0 Å². The van der Waals surface area contributed by atoms with Crippen LogP contribution in [0, 0.1) is 0 Å². The second-order valence-electron chi connectivity index (χ2n) is 3.13. The standard InChI is InChI=1S/C10H5Cl2NO3/c11-5-1-2-6(12)9-8(5)4(10(15)16)3-7(14)13-9/h1-3H,(H,13,14)(H,15,16). The molecule has 82 valence electrons. The zero-order valence-corrected chi connectivity index (χ0v) is 9.26. The molecule has 0 radical (unpaired) electrons. The van der Waals surface area contributed by atoms with Gasteiger partial charge in [-0.2, -0.15) is 0 Å². The number of nitrogens with one attached hydrogen (secondary N) is 1. The van der Waals surface area contributed by atoms with Crippen LogP contribution in [-0.2, 0) is 0 Å². The zero-order valence-electron chi connectivity index (χ0n) is 7.75. The molecule has 2 rings (SSSR count). The van der Waals surface area contributed by atoms with E-state index in [0.717, 1.165) is 6.07 Å². The van der Waals surface area contributed by atoms with Gasteiger partial charge < -0.3 is 10.1 Å². The van der Waals surface area contributed by atoms with Gasteiger partial charge in [0.25, 0.3) is 0 Å². The predicted molar refractivity (Wildman–Crippen MR) is 61.5 cm³/mol. The molecule has 0 aliphatic rings. The lowest BCUT2D eigenvalue weighted by molar-refractivity contribution is 0.0699. The fourth-order valence-electron chi connectivity index (χ4n) is 1.47. The molecule has 2 aromatic rings. The second-order valence-corrected chi connectivity index (χ2v) is 3.95. The van der Waals surface area contributed by atoms with Gasteiger partial charge >= 0.3 is 5.97 Å². The fourth-order valence-corrected chi connectivity index (χ4v) is 1.93. The van der Waals surface area contributed by atoms with Crippen molar-refractivity contribution in [2.45, 2.75) is 0 Å². The highest BCUT2D eigenvalue weighted by Gasteiger charge is 2.14. The van der Waals surface area contributed by atoms with Gasteiger partial charge in [0.1, 0.15) is 0 Å². The molecule has 4 nitrogen and oxygen atoms in total. The summed E-state index contributed by atoms with van der Waals surface area (Å²) in [5, 5.41) is 9.68. The molecule has 0 atom stereocenters. The number of H-pyrrole nitrogens is 1. The maximum absolute atomic E-state index is 11.3. The van der Waals surface area contributed by atoms with Gasteiger partial charge in [0.15, 0.2) is 0 Å². The van der Waals surface area contributed by atoms with E-state index in [1.54, 1.807) is 0 Å². The Morgan fingerprint density at radius 1 is 1.25 bits per heavy atom. The Bertz CT molecular complexity index is 648. The van der Waals surface area contributed by atoms with Gasteiger partial charge in [0.05, 0.1) is 21.1 Å². The summed E-state index contributed by atoms with van der Waals surface area (Å²) in [4.78, 5) is 24.7. The van der Waals surface area contributed by atoms with Crippen molar-refractivity contribution >= 4 is 40.1 Å². The van der Waals surface area contributed by atoms with E-state index >= 15 is 0 Å². The molecule has 16 heavy (non-hydrogen) atoms. The number of aromatic nitrogens is 1. The summed E-state index contributed by atoms with van der Waals surface area (Å²) in [6.45, 7) is 0. The van der Waals surface area contributed by atoms with E-state index in [1.165, 1.54) is 12.1 Å². The molecule has 0 spiro atoms. The first-order valence-electron chi connectivity index (χ1n) is 4.25. The molecule has 0 saturated heterocycles. The molecule has 0 fully saturated rings. The van der Waals surface area contributed by atoms with Crippen molar-refractivity contribution in [1.82, 2.24) is 4.98 Å². The summed E-state index contributed by atoms with van der Waals surface area (Å²) in [6, 6.07) is 3.96. The summed E-state index contributed by atoms with van der Waals surface area (Å²) in [7, 11) is 0. The van der Waals surface area contributed by atoms with Gasteiger partial charge in [-0.15, -0.1) is 0 Å². The Morgan fingerprint density at radius 2 is 1.88 bits per heavy atom. The Labute approximate surface area is 99.4 Å². The highest BCUT2D eigenvalue weighted by atomic mass is 35.5. The van der Waals surface area contributed by atoms with Crippen LogP contribution >= 0.6 is 23.2 Å². The van der Waals surface area contributed by atoms with Crippen molar-refractivity contribution in [2.75, 3.05) is 0 Å². The molecule has 0 aliphatic carbocycles. The van der Waals surface area contributed by atoms with Gasteiger partial charge in [-0.3, -0.25) is 4.79 Å². The molecule has 0 bridgehead atoms. The molecule has 1 aromatic carbocycles. The second kappa shape index (κ2) is 3.81. The zero-order chi connectivity index (χ0) is 11.9. The van der Waals surface area contributed by atoms with Crippen LogP contribution in [0.25, 0.3) is 10.9 Å². The Morgan fingerprint density at radius 3 is 2.50 bits per heavy atom. The number of halogens is 2. The molecular formula is C10H5Cl2NO3. The number of carbonyl (C=O) groups is 1. The Hall–Kier alpha value is -1.52. The topological polar surface area (TPSA) is 70.2 Å². The lowest BCUT2D eigenvalue weighted by Gasteiger charge is -2.05. The van der Waals surface area contributed by atoms with E-state index in [-0.39, 0.29) is 26.5 Å². The van der Waals surface area contributed by atoms with Crippen LogP contribution in [0.2, 0.25) is 10.0 Å². The normalized spacial score (nSPS) is 10.6. The van der Waals surface area contributed by atoms with Gasteiger partial charge in [0.2, 0.25) is 5.56 Å². The van der Waals surface area contributed by atoms with Crippen LogP contribution in [0.3, 0.4) is 0 Å². The monoisotopic (exact) mass is 257 g/mol. The lowest BCUT2D eigenvalue weighted by atomic mass is 10.1. The highest BCUT2D eigenvalue weighted by Crippen LogP contribution is 2.29. The smallest absolute Gasteiger partial charge is 0.336 e. The molecule has 1 heterocycles. The number of carboxylic acids is 1. The van der Waals surface area contributed by atoms with Crippen LogP contribution in [0.1, 0.15) is 10.4 Å². The first-order valence-corrected chi connectivity index (χ1v) is 5.00. The molecule has 0 aliphatic heterocycles. The van der Waals surface area contributed by atoms with Gasteiger partial charge in [-0.05, 0) is 12.1 Å². The molecule has 0 saturated carbocycles. The van der Waals surface area contributed by atoms with E-state index in [4.69, 9.17) is 28.3 Å². The van der Waals surface area contributed by atoms with Crippen LogP contribution in [-0.4, -0.2) is 16.1 Å². The number of pyridine rings is 1. The summed E-state index contributed by atoms with van der Waals surface area (Å²) in [6.07, 6.45) is 0. The minimum atomic E-state index is -1.22. The first kappa shape index (κ1) is 11.0. The number of fused-ring (bicyclic) bond motifs is 1. The minimum Gasteiger partial charge on any atom is -0.478 e. The summed E-state index contributed by atoms with van der Waals surface area (Å²) in [5.41, 5.74) is -0.459. The number of rotatable bonds is 1. The number of benzene rings is 1. The SMILES string of the molecule is O=C(O)c1cc(=O)[nH]c2c(Cl)ccc(Cl)c12. The lowest BCUT2D eigenvalue weighted by Crippen LogP contribution is -2.10. The molecule has 6 heteroatoms. The van der Waals surface area contributed by atoms with Crippen molar-refractivity contribution in [3.05, 3.63) is 44.2 Å². The maximum atomic E-state index is 11.3. The van der Waals surface area contributed by atoms with Crippen LogP contribution in [0.5, 0.6) is 0 Å². The highest BCUT2D eigenvalue weighted by molar-refractivity contribution is 6.40. The Kier molecular flexibility index (Phi) is 2.61. The summed E-state index contributed by atoms with van der Waals surface area (Å²) >= 11 is 11.7. The van der Waals surface area contributed by atoms with E-state index < -0.39 is 11.5 Å². The third-order valence-corrected chi connectivity index (χ3v) is 2.76. The van der Waals surface area contributed by atoms with Crippen molar-refractivity contribution in [1.29, 1.82) is 0 Å². The van der Waals surface area contributed by atoms with Crippen molar-refractivity contribution in [2.24, 2.45) is 0 Å². The largest absolute Gasteiger partial charge is 0.478 e. The molecule has 1 aromatic heterocycles. The number of aromatic carboxylic acids is 1. The molecular weight excluding hydrogens is 253 g/mol.